The predicted octanol–water partition coefficient (Wildman–Crippen LogP) is 4.40. The SMILES string of the molecule is CSc1nnc(-c2ccc3ncn(-c4ccc(OC(F)F)cc4)c3c2)o1. The van der Waals surface area contributed by atoms with Crippen molar-refractivity contribution in [2.24, 2.45) is 0 Å². The molecule has 0 aliphatic heterocycles. The molecule has 0 aliphatic carbocycles. The Kier molecular flexibility index (Phi) is 4.29. The number of hydrogen-bond donors (Lipinski definition) is 0. The molecule has 26 heavy (non-hydrogen) atoms. The van der Waals surface area contributed by atoms with Gasteiger partial charge in [-0.05, 0) is 48.7 Å². The highest BCUT2D eigenvalue weighted by atomic mass is 32.2. The number of aromatic nitrogens is 4. The molecule has 2 heterocycles. The maximum Gasteiger partial charge on any atom is 0.387 e. The Hall–Kier alpha value is -2.94. The maximum atomic E-state index is 12.3. The average molecular weight is 374 g/mol. The second-order valence-electron chi connectivity index (χ2n) is 5.27. The van der Waals surface area contributed by atoms with Crippen LogP contribution >= 0.6 is 11.8 Å². The fourth-order valence-corrected chi connectivity index (χ4v) is 2.83. The Morgan fingerprint density at radius 2 is 1.92 bits per heavy atom. The van der Waals surface area contributed by atoms with Gasteiger partial charge >= 0.3 is 6.61 Å². The summed E-state index contributed by atoms with van der Waals surface area (Å²) in [6.07, 6.45) is 3.52. The van der Waals surface area contributed by atoms with Gasteiger partial charge in [-0.3, -0.25) is 4.57 Å². The number of fused-ring (bicyclic) bond motifs is 1. The molecule has 0 amide bonds. The van der Waals surface area contributed by atoms with Gasteiger partial charge in [0.15, 0.2) is 0 Å². The van der Waals surface area contributed by atoms with E-state index in [1.807, 2.05) is 29.0 Å². The lowest BCUT2D eigenvalue weighted by molar-refractivity contribution is -0.0498. The van der Waals surface area contributed by atoms with E-state index in [2.05, 4.69) is 19.9 Å². The predicted molar refractivity (Wildman–Crippen MR) is 92.8 cm³/mol. The minimum Gasteiger partial charge on any atom is -0.435 e. The van der Waals surface area contributed by atoms with Gasteiger partial charge in [-0.25, -0.2) is 4.98 Å². The Morgan fingerprint density at radius 3 is 2.62 bits per heavy atom. The minimum atomic E-state index is -2.85. The van der Waals surface area contributed by atoms with Gasteiger partial charge in [-0.2, -0.15) is 8.78 Å². The van der Waals surface area contributed by atoms with E-state index in [-0.39, 0.29) is 5.75 Å². The van der Waals surface area contributed by atoms with E-state index in [4.69, 9.17) is 4.42 Å². The quantitative estimate of drug-likeness (QED) is 0.483. The van der Waals surface area contributed by atoms with Crippen LogP contribution in [0.1, 0.15) is 0 Å². The largest absolute Gasteiger partial charge is 0.435 e. The average Bonchev–Trinajstić information content (AvgIpc) is 3.28. The highest BCUT2D eigenvalue weighted by Gasteiger charge is 2.12. The van der Waals surface area contributed by atoms with E-state index in [0.29, 0.717) is 11.1 Å². The van der Waals surface area contributed by atoms with Gasteiger partial charge in [-0.1, -0.05) is 11.8 Å². The summed E-state index contributed by atoms with van der Waals surface area (Å²) >= 11 is 1.37. The van der Waals surface area contributed by atoms with Crippen molar-refractivity contribution < 1.29 is 17.9 Å². The number of ether oxygens (including phenoxy) is 1. The number of alkyl halides is 2. The first-order chi connectivity index (χ1) is 12.6. The lowest BCUT2D eigenvalue weighted by Gasteiger charge is -2.07. The number of benzene rings is 2. The maximum absolute atomic E-state index is 12.3. The number of hydrogen-bond acceptors (Lipinski definition) is 6. The molecule has 0 spiro atoms. The highest BCUT2D eigenvalue weighted by molar-refractivity contribution is 7.98. The third-order valence-electron chi connectivity index (χ3n) is 3.72. The van der Waals surface area contributed by atoms with Crippen LogP contribution in [0.2, 0.25) is 0 Å². The van der Waals surface area contributed by atoms with E-state index >= 15 is 0 Å². The molecule has 6 nitrogen and oxygen atoms in total. The molecular formula is C17H12F2N4O2S. The Labute approximate surface area is 150 Å². The summed E-state index contributed by atoms with van der Waals surface area (Å²) in [7, 11) is 0. The van der Waals surface area contributed by atoms with Crippen molar-refractivity contribution in [2.75, 3.05) is 6.26 Å². The Morgan fingerprint density at radius 1 is 1.12 bits per heavy atom. The van der Waals surface area contributed by atoms with Crippen LogP contribution in [0.25, 0.3) is 28.2 Å². The molecule has 0 radical (unpaired) electrons. The summed E-state index contributed by atoms with van der Waals surface area (Å²) in [6, 6.07) is 12.0. The molecule has 4 rings (SSSR count). The summed E-state index contributed by atoms with van der Waals surface area (Å²) < 4.78 is 36.3. The molecule has 9 heteroatoms. The standard InChI is InChI=1S/C17H12F2N4O2S/c1-26-17-22-21-15(25-17)10-2-7-13-14(8-10)23(9-20-13)11-3-5-12(6-4-11)24-16(18)19/h2-9,16H,1H3. The van der Waals surface area contributed by atoms with Crippen LogP contribution in [0.15, 0.2) is 58.4 Å². The summed E-state index contributed by atoms with van der Waals surface area (Å²) in [4.78, 5) is 4.36. The fraction of sp³-hybridized carbons (Fsp3) is 0.118. The number of nitrogens with zero attached hydrogens (tertiary/aromatic N) is 4. The van der Waals surface area contributed by atoms with Gasteiger partial charge in [0.2, 0.25) is 5.89 Å². The molecule has 0 N–H and O–H groups in total. The zero-order valence-corrected chi connectivity index (χ0v) is 14.3. The van der Waals surface area contributed by atoms with Gasteiger partial charge in [0, 0.05) is 11.3 Å². The molecule has 0 saturated carbocycles. The molecule has 0 fully saturated rings. The smallest absolute Gasteiger partial charge is 0.387 e. The Balaban J connectivity index is 1.72. The Bertz CT molecular complexity index is 1050. The first-order valence-electron chi connectivity index (χ1n) is 7.54. The number of halogens is 2. The van der Waals surface area contributed by atoms with Crippen molar-refractivity contribution in [3.63, 3.8) is 0 Å². The summed E-state index contributed by atoms with van der Waals surface area (Å²) in [6.45, 7) is -2.85. The molecule has 0 bridgehead atoms. The second-order valence-corrected chi connectivity index (χ2v) is 6.03. The molecule has 132 valence electrons. The van der Waals surface area contributed by atoms with Crippen molar-refractivity contribution in [1.29, 1.82) is 0 Å². The normalized spacial score (nSPS) is 11.4. The van der Waals surface area contributed by atoms with Gasteiger partial charge in [0.05, 0.1) is 11.0 Å². The van der Waals surface area contributed by atoms with Crippen LogP contribution in [0, 0.1) is 0 Å². The summed E-state index contributed by atoms with van der Waals surface area (Å²) in [5.41, 5.74) is 3.14. The molecule has 0 atom stereocenters. The monoisotopic (exact) mass is 374 g/mol. The van der Waals surface area contributed by atoms with Gasteiger partial charge in [-0.15, -0.1) is 10.2 Å². The summed E-state index contributed by atoms with van der Waals surface area (Å²) in [5.74, 6) is 0.522. The first-order valence-corrected chi connectivity index (χ1v) is 8.77. The van der Waals surface area contributed by atoms with Crippen LogP contribution in [0.4, 0.5) is 8.78 Å². The number of rotatable bonds is 5. The van der Waals surface area contributed by atoms with Crippen LogP contribution in [-0.4, -0.2) is 32.6 Å². The first kappa shape index (κ1) is 16.5. The summed E-state index contributed by atoms with van der Waals surface area (Å²) in [5, 5.41) is 8.47. The van der Waals surface area contributed by atoms with E-state index < -0.39 is 6.61 Å². The lowest BCUT2D eigenvalue weighted by Crippen LogP contribution is -2.02. The lowest BCUT2D eigenvalue weighted by atomic mass is 10.2. The highest BCUT2D eigenvalue weighted by Crippen LogP contribution is 2.27. The van der Waals surface area contributed by atoms with E-state index in [9.17, 15) is 8.78 Å². The van der Waals surface area contributed by atoms with Crippen molar-refractivity contribution in [3.05, 3.63) is 48.8 Å². The van der Waals surface area contributed by atoms with Crippen molar-refractivity contribution in [1.82, 2.24) is 19.7 Å². The van der Waals surface area contributed by atoms with Gasteiger partial charge in [0.1, 0.15) is 12.1 Å². The number of imidazole rings is 1. The van der Waals surface area contributed by atoms with Gasteiger partial charge < -0.3 is 9.15 Å². The van der Waals surface area contributed by atoms with Crippen LogP contribution < -0.4 is 4.74 Å². The molecule has 0 aliphatic rings. The van der Waals surface area contributed by atoms with Gasteiger partial charge in [0.25, 0.3) is 5.22 Å². The molecule has 0 unspecified atom stereocenters. The third-order valence-corrected chi connectivity index (χ3v) is 4.23. The van der Waals surface area contributed by atoms with E-state index in [0.717, 1.165) is 22.3 Å². The molecule has 0 saturated heterocycles. The topological polar surface area (TPSA) is 66.0 Å². The fourth-order valence-electron chi connectivity index (χ4n) is 2.54. The van der Waals surface area contributed by atoms with Crippen LogP contribution in [-0.2, 0) is 0 Å². The van der Waals surface area contributed by atoms with Crippen molar-refractivity contribution >= 4 is 22.8 Å². The van der Waals surface area contributed by atoms with Crippen LogP contribution in [0.3, 0.4) is 0 Å². The third kappa shape index (κ3) is 3.13. The molecule has 2 aromatic heterocycles. The molecule has 4 aromatic rings. The number of thioether (sulfide) groups is 1. The zero-order chi connectivity index (χ0) is 18.1. The van der Waals surface area contributed by atoms with E-state index in [1.165, 1.54) is 23.9 Å². The second kappa shape index (κ2) is 6.75. The minimum absolute atomic E-state index is 0.101. The van der Waals surface area contributed by atoms with Crippen molar-refractivity contribution in [3.8, 4) is 22.9 Å². The molecule has 2 aromatic carbocycles. The zero-order valence-electron chi connectivity index (χ0n) is 13.5. The van der Waals surface area contributed by atoms with E-state index in [1.54, 1.807) is 18.5 Å². The molecular weight excluding hydrogens is 362 g/mol. The van der Waals surface area contributed by atoms with Crippen LogP contribution in [0.5, 0.6) is 5.75 Å². The van der Waals surface area contributed by atoms with Crippen molar-refractivity contribution in [2.45, 2.75) is 11.8 Å².